The fraction of sp³-hybridized carbons (Fsp3) is 0.286. The second-order valence-electron chi connectivity index (χ2n) is 5.22. The predicted molar refractivity (Wildman–Crippen MR) is 109 cm³/mol. The Labute approximate surface area is 160 Å². The number of benzene rings is 2. The largest absolute Gasteiger partial charge is 0.305 e. The van der Waals surface area contributed by atoms with E-state index >= 15 is 0 Å². The summed E-state index contributed by atoms with van der Waals surface area (Å²) in [7, 11) is 0. The molecule has 0 saturated carbocycles. The van der Waals surface area contributed by atoms with Crippen molar-refractivity contribution in [1.82, 2.24) is 0 Å². The van der Waals surface area contributed by atoms with Crippen LogP contribution < -0.4 is 5.84 Å². The first-order valence-electron chi connectivity index (χ1n) is 8.80. The molecule has 6 heteroatoms. The van der Waals surface area contributed by atoms with Gasteiger partial charge in [-0.25, -0.2) is 8.78 Å². The van der Waals surface area contributed by atoms with Gasteiger partial charge in [0.25, 0.3) is 0 Å². The molecule has 0 radical (unpaired) electrons. The molecule has 4 nitrogen and oxygen atoms in total. The summed E-state index contributed by atoms with van der Waals surface area (Å²) in [4.78, 5) is 0. The normalized spacial score (nSPS) is 10.2. The number of rotatable bonds is 3. The van der Waals surface area contributed by atoms with Crippen LogP contribution in [-0.4, -0.2) is 5.84 Å². The van der Waals surface area contributed by atoms with E-state index < -0.39 is 11.6 Å². The molecule has 0 aromatic heterocycles. The van der Waals surface area contributed by atoms with Gasteiger partial charge in [-0.05, 0) is 49.1 Å². The third kappa shape index (κ3) is 8.35. The van der Waals surface area contributed by atoms with Gasteiger partial charge in [-0.2, -0.15) is 0 Å². The SMILES string of the molecule is C/C=C\c1cc(C(=N)N=NN)ccc1C.CC.CCc1ccc(F)cc1F. The Bertz CT molecular complexity index is 784. The van der Waals surface area contributed by atoms with Crippen molar-refractivity contribution >= 4 is 11.9 Å². The number of allylic oxidation sites excluding steroid dienone is 1. The monoisotopic (exact) mass is 374 g/mol. The zero-order valence-corrected chi connectivity index (χ0v) is 16.6. The summed E-state index contributed by atoms with van der Waals surface area (Å²) < 4.78 is 24.9. The van der Waals surface area contributed by atoms with E-state index in [1.807, 2.05) is 65.0 Å². The van der Waals surface area contributed by atoms with Crippen LogP contribution in [0.15, 0.2) is 52.8 Å². The second kappa shape index (κ2) is 13.3. The first-order chi connectivity index (χ1) is 12.9. The number of nitrogens with one attached hydrogen (secondary N) is 1. The van der Waals surface area contributed by atoms with Crippen LogP contribution in [0.3, 0.4) is 0 Å². The van der Waals surface area contributed by atoms with E-state index in [1.165, 1.54) is 12.1 Å². The lowest BCUT2D eigenvalue weighted by Gasteiger charge is -2.03. The van der Waals surface area contributed by atoms with Crippen LogP contribution in [-0.2, 0) is 6.42 Å². The number of amidine groups is 1. The third-order valence-electron chi connectivity index (χ3n) is 3.45. The van der Waals surface area contributed by atoms with Gasteiger partial charge in [-0.3, -0.25) is 5.41 Å². The quantitative estimate of drug-likeness (QED) is 0.216. The number of aryl methyl sites for hydroxylation is 2. The van der Waals surface area contributed by atoms with Crippen LogP contribution in [0.5, 0.6) is 0 Å². The molecule has 3 N–H and O–H groups in total. The first-order valence-corrected chi connectivity index (χ1v) is 8.80. The highest BCUT2D eigenvalue weighted by Gasteiger charge is 2.02. The molecular weight excluding hydrogens is 346 g/mol. The summed E-state index contributed by atoms with van der Waals surface area (Å²) in [5.74, 6) is 3.99. The molecule has 0 bridgehead atoms. The molecule has 0 saturated heterocycles. The molecule has 0 aliphatic carbocycles. The van der Waals surface area contributed by atoms with Crippen LogP contribution in [0.4, 0.5) is 8.78 Å². The molecule has 2 aromatic carbocycles. The number of hydrogen-bond donors (Lipinski definition) is 2. The molecule has 2 rings (SSSR count). The first kappa shape index (κ1) is 24.1. The number of nitrogens with zero attached hydrogens (tertiary/aromatic N) is 2. The van der Waals surface area contributed by atoms with Crippen molar-refractivity contribution in [3.63, 3.8) is 0 Å². The zero-order chi connectivity index (χ0) is 20.8. The number of nitrogens with two attached hydrogens (primary N) is 1. The maximum absolute atomic E-state index is 12.6. The Balaban J connectivity index is 0.000000488. The van der Waals surface area contributed by atoms with E-state index in [0.29, 0.717) is 17.5 Å². The van der Waals surface area contributed by atoms with Gasteiger partial charge in [0.15, 0.2) is 5.84 Å². The topological polar surface area (TPSA) is 74.6 Å². The van der Waals surface area contributed by atoms with Crippen molar-refractivity contribution < 1.29 is 8.78 Å². The van der Waals surface area contributed by atoms with Crippen molar-refractivity contribution in [2.24, 2.45) is 16.2 Å². The zero-order valence-electron chi connectivity index (χ0n) is 16.6. The molecule has 146 valence electrons. The van der Waals surface area contributed by atoms with Crippen molar-refractivity contribution in [2.45, 2.75) is 41.0 Å². The Morgan fingerprint density at radius 1 is 1.15 bits per heavy atom. The molecule has 27 heavy (non-hydrogen) atoms. The minimum absolute atomic E-state index is 0.0725. The summed E-state index contributed by atoms with van der Waals surface area (Å²) in [6.07, 6.45) is 4.55. The maximum Gasteiger partial charge on any atom is 0.176 e. The van der Waals surface area contributed by atoms with E-state index in [1.54, 1.807) is 0 Å². The van der Waals surface area contributed by atoms with Gasteiger partial charge in [-0.15, -0.1) is 5.11 Å². The molecule has 0 spiro atoms. The molecule has 0 atom stereocenters. The van der Waals surface area contributed by atoms with Crippen LogP contribution in [0.25, 0.3) is 6.08 Å². The minimum Gasteiger partial charge on any atom is -0.305 e. The number of hydrogen-bond acceptors (Lipinski definition) is 2. The van der Waals surface area contributed by atoms with E-state index in [4.69, 9.17) is 11.3 Å². The highest BCUT2D eigenvalue weighted by Crippen LogP contribution is 2.14. The van der Waals surface area contributed by atoms with Crippen molar-refractivity contribution in [2.75, 3.05) is 0 Å². The number of halogens is 2. The van der Waals surface area contributed by atoms with Gasteiger partial charge in [0, 0.05) is 11.6 Å². The molecule has 0 aliphatic rings. The molecule has 0 amide bonds. The predicted octanol–water partition coefficient (Wildman–Crippen LogP) is 6.23. The molecule has 0 heterocycles. The molecule has 0 fully saturated rings. The average molecular weight is 374 g/mol. The third-order valence-corrected chi connectivity index (χ3v) is 3.45. The molecule has 0 aliphatic heterocycles. The van der Waals surface area contributed by atoms with E-state index in [0.717, 1.165) is 17.2 Å². The van der Waals surface area contributed by atoms with Crippen molar-refractivity contribution in [3.05, 3.63) is 76.4 Å². The summed E-state index contributed by atoms with van der Waals surface area (Å²) >= 11 is 0. The van der Waals surface area contributed by atoms with Gasteiger partial charge in [0.1, 0.15) is 11.6 Å². The molecular formula is C21H28F2N4. The highest BCUT2D eigenvalue weighted by atomic mass is 19.1. The van der Waals surface area contributed by atoms with Gasteiger partial charge < -0.3 is 5.84 Å². The fourth-order valence-corrected chi connectivity index (χ4v) is 2.07. The minimum atomic E-state index is -0.519. The van der Waals surface area contributed by atoms with Gasteiger partial charge in [-0.1, -0.05) is 56.3 Å². The fourth-order valence-electron chi connectivity index (χ4n) is 2.07. The van der Waals surface area contributed by atoms with Gasteiger partial charge in [0.2, 0.25) is 0 Å². The summed E-state index contributed by atoms with van der Waals surface area (Å²) in [6.45, 7) is 9.81. The van der Waals surface area contributed by atoms with E-state index in [-0.39, 0.29) is 5.84 Å². The lowest BCUT2D eigenvalue weighted by molar-refractivity contribution is 0.573. The van der Waals surface area contributed by atoms with Crippen molar-refractivity contribution in [1.29, 1.82) is 5.41 Å². The van der Waals surface area contributed by atoms with Crippen molar-refractivity contribution in [3.8, 4) is 0 Å². The highest BCUT2D eigenvalue weighted by molar-refractivity contribution is 5.97. The smallest absolute Gasteiger partial charge is 0.176 e. The molecule has 2 aromatic rings. The van der Waals surface area contributed by atoms with Crippen LogP contribution in [0.2, 0.25) is 0 Å². The Hall–Kier alpha value is -2.89. The Morgan fingerprint density at radius 3 is 2.33 bits per heavy atom. The van der Waals surface area contributed by atoms with E-state index in [2.05, 4.69) is 10.3 Å². The van der Waals surface area contributed by atoms with Gasteiger partial charge in [0.05, 0.1) is 0 Å². The van der Waals surface area contributed by atoms with Crippen LogP contribution >= 0.6 is 0 Å². The lowest BCUT2D eigenvalue weighted by Crippen LogP contribution is -1.96. The second-order valence-corrected chi connectivity index (χ2v) is 5.22. The van der Waals surface area contributed by atoms with E-state index in [9.17, 15) is 8.78 Å². The lowest BCUT2D eigenvalue weighted by atomic mass is 10.0. The average Bonchev–Trinajstić information content (AvgIpc) is 2.66. The maximum atomic E-state index is 12.6. The van der Waals surface area contributed by atoms with Crippen LogP contribution in [0, 0.1) is 24.0 Å². The summed E-state index contributed by atoms with van der Waals surface area (Å²) in [5.41, 5.74) is 3.51. The standard InChI is InChI=1S/C11H14N4.C8H8F2.C2H6/c1-3-4-9-7-10(6-5-8(9)2)11(12)14-15-13;1-2-6-3-4-7(9)5-8(6)10;1-2/h3-7H,1-2H3,(H3,12,13,14);3-5H,2H2,1H3;1-2H3/b4-3-;;. The Morgan fingerprint density at radius 2 is 1.81 bits per heavy atom. The van der Waals surface area contributed by atoms with Crippen LogP contribution in [0.1, 0.15) is 49.9 Å². The molecule has 0 unspecified atom stereocenters. The summed E-state index contributed by atoms with van der Waals surface area (Å²) in [6, 6.07) is 9.31. The van der Waals surface area contributed by atoms with Gasteiger partial charge >= 0.3 is 0 Å². The Kier molecular flexibility index (Phi) is 11.9. The summed E-state index contributed by atoms with van der Waals surface area (Å²) in [5, 5.41) is 14.1.